The summed E-state index contributed by atoms with van der Waals surface area (Å²) in [5.74, 6) is 1.41. The summed E-state index contributed by atoms with van der Waals surface area (Å²) in [6.07, 6.45) is 0.0832. The first-order valence-electron chi connectivity index (χ1n) is 6.33. The van der Waals surface area contributed by atoms with E-state index in [0.29, 0.717) is 11.3 Å². The average molecular weight is 339 g/mol. The monoisotopic (exact) mass is 338 g/mol. The van der Waals surface area contributed by atoms with Crippen molar-refractivity contribution in [1.29, 1.82) is 0 Å². The minimum Gasteiger partial charge on any atom is -0.457 e. The lowest BCUT2D eigenvalue weighted by molar-refractivity contribution is 0.0408. The van der Waals surface area contributed by atoms with Crippen LogP contribution in [0.1, 0.15) is 18.9 Å². The Morgan fingerprint density at radius 1 is 1.05 bits per heavy atom. The highest BCUT2D eigenvalue weighted by molar-refractivity contribution is 9.10. The van der Waals surface area contributed by atoms with Crippen LogP contribution in [0.5, 0.6) is 11.5 Å². The van der Waals surface area contributed by atoms with E-state index in [9.17, 15) is 9.50 Å². The van der Waals surface area contributed by atoms with Gasteiger partial charge in [-0.1, -0.05) is 28.1 Å². The highest BCUT2D eigenvalue weighted by Crippen LogP contribution is 2.28. The van der Waals surface area contributed by atoms with E-state index in [1.165, 1.54) is 0 Å². The smallest absolute Gasteiger partial charge is 0.127 e. The lowest BCUT2D eigenvalue weighted by Crippen LogP contribution is -2.21. The molecule has 0 bridgehead atoms. The Labute approximate surface area is 126 Å². The van der Waals surface area contributed by atoms with Crippen molar-refractivity contribution in [2.75, 3.05) is 6.67 Å². The largest absolute Gasteiger partial charge is 0.457 e. The van der Waals surface area contributed by atoms with Gasteiger partial charge in [0.15, 0.2) is 0 Å². The van der Waals surface area contributed by atoms with Crippen molar-refractivity contribution in [3.8, 4) is 11.5 Å². The van der Waals surface area contributed by atoms with E-state index in [0.717, 1.165) is 10.2 Å². The molecular formula is C16H16BrFO2. The third kappa shape index (κ3) is 3.81. The maximum atomic E-state index is 12.4. The molecule has 2 aromatic rings. The molecule has 1 unspecified atom stereocenters. The summed E-state index contributed by atoms with van der Waals surface area (Å²) in [5, 5.41) is 10.1. The fourth-order valence-corrected chi connectivity index (χ4v) is 2.11. The van der Waals surface area contributed by atoms with Gasteiger partial charge in [0.1, 0.15) is 11.5 Å². The summed E-state index contributed by atoms with van der Waals surface area (Å²) in [6.45, 7) is 1.06. The van der Waals surface area contributed by atoms with Gasteiger partial charge in [0.25, 0.3) is 0 Å². The summed E-state index contributed by atoms with van der Waals surface area (Å²) in [6, 6.07) is 14.6. The van der Waals surface area contributed by atoms with Gasteiger partial charge in [-0.15, -0.1) is 0 Å². The number of aliphatic hydroxyl groups is 1. The second kappa shape index (κ2) is 6.37. The van der Waals surface area contributed by atoms with Crippen molar-refractivity contribution in [2.24, 2.45) is 0 Å². The van der Waals surface area contributed by atoms with Gasteiger partial charge in [-0.3, -0.25) is 4.39 Å². The predicted octanol–water partition coefficient (Wildman–Crippen LogP) is 4.81. The summed E-state index contributed by atoms with van der Waals surface area (Å²) in [4.78, 5) is 0. The zero-order valence-corrected chi connectivity index (χ0v) is 12.7. The number of benzene rings is 2. The molecule has 2 aromatic carbocycles. The quantitative estimate of drug-likeness (QED) is 0.847. The predicted molar refractivity (Wildman–Crippen MR) is 80.8 cm³/mol. The molecule has 0 radical (unpaired) electrons. The number of alkyl halides is 1. The Bertz CT molecular complexity index is 550. The van der Waals surface area contributed by atoms with E-state index in [-0.39, 0.29) is 6.42 Å². The lowest BCUT2D eigenvalue weighted by atomic mass is 9.93. The van der Waals surface area contributed by atoms with E-state index < -0.39 is 12.3 Å². The first-order chi connectivity index (χ1) is 9.51. The molecule has 1 atom stereocenters. The summed E-state index contributed by atoms with van der Waals surface area (Å²) >= 11 is 3.36. The molecule has 106 valence electrons. The third-order valence-electron chi connectivity index (χ3n) is 3.11. The normalized spacial score (nSPS) is 13.8. The zero-order chi connectivity index (χ0) is 14.6. The molecule has 0 spiro atoms. The van der Waals surface area contributed by atoms with Crippen molar-refractivity contribution in [2.45, 2.75) is 18.9 Å². The van der Waals surface area contributed by atoms with E-state index >= 15 is 0 Å². The topological polar surface area (TPSA) is 29.5 Å². The number of ether oxygens (including phenoxy) is 1. The molecule has 0 amide bonds. The van der Waals surface area contributed by atoms with Crippen LogP contribution in [-0.2, 0) is 5.60 Å². The van der Waals surface area contributed by atoms with Crippen LogP contribution >= 0.6 is 15.9 Å². The van der Waals surface area contributed by atoms with Gasteiger partial charge in [0.05, 0.1) is 12.3 Å². The van der Waals surface area contributed by atoms with Crippen LogP contribution < -0.4 is 4.74 Å². The molecule has 0 aliphatic heterocycles. The molecule has 0 aromatic heterocycles. The molecule has 1 N–H and O–H groups in total. The van der Waals surface area contributed by atoms with Crippen LogP contribution in [0.4, 0.5) is 4.39 Å². The molecule has 0 aliphatic carbocycles. The molecule has 4 heteroatoms. The molecular weight excluding hydrogens is 323 g/mol. The SMILES string of the molecule is CC(O)(CCF)c1ccc(Oc2ccc(Br)cc2)cc1. The first kappa shape index (κ1) is 15.0. The van der Waals surface area contributed by atoms with Crippen LogP contribution in [-0.4, -0.2) is 11.8 Å². The molecule has 0 saturated heterocycles. The van der Waals surface area contributed by atoms with Crippen molar-refractivity contribution < 1.29 is 14.2 Å². The maximum Gasteiger partial charge on any atom is 0.127 e. The Kier molecular flexibility index (Phi) is 4.78. The fourth-order valence-electron chi connectivity index (χ4n) is 1.85. The van der Waals surface area contributed by atoms with Crippen molar-refractivity contribution >= 4 is 15.9 Å². The molecule has 2 rings (SSSR count). The number of hydrogen-bond donors (Lipinski definition) is 1. The van der Waals surface area contributed by atoms with E-state index in [1.54, 1.807) is 31.2 Å². The first-order valence-corrected chi connectivity index (χ1v) is 7.13. The highest BCUT2D eigenvalue weighted by atomic mass is 79.9. The summed E-state index contributed by atoms with van der Waals surface area (Å²) < 4.78 is 19.1. The Morgan fingerprint density at radius 3 is 2.05 bits per heavy atom. The van der Waals surface area contributed by atoms with Gasteiger partial charge in [-0.05, 0) is 48.9 Å². The van der Waals surface area contributed by atoms with Crippen LogP contribution in [0.15, 0.2) is 53.0 Å². The van der Waals surface area contributed by atoms with Crippen LogP contribution in [0.3, 0.4) is 0 Å². The van der Waals surface area contributed by atoms with Crippen molar-refractivity contribution in [3.05, 3.63) is 58.6 Å². The van der Waals surface area contributed by atoms with Gasteiger partial charge in [-0.2, -0.15) is 0 Å². The Morgan fingerprint density at radius 2 is 1.55 bits per heavy atom. The standard InChI is InChI=1S/C16H16BrFO2/c1-16(19,10-11-18)12-2-6-14(7-3-12)20-15-8-4-13(17)5-9-15/h2-9,19H,10-11H2,1H3. The summed E-state index contributed by atoms with van der Waals surface area (Å²) in [7, 11) is 0. The fraction of sp³-hybridized carbons (Fsp3) is 0.250. The molecule has 0 saturated carbocycles. The summed E-state index contributed by atoms with van der Waals surface area (Å²) in [5.41, 5.74) is -0.469. The number of rotatable bonds is 5. The van der Waals surface area contributed by atoms with E-state index in [2.05, 4.69) is 15.9 Å². The average Bonchev–Trinajstić information content (AvgIpc) is 2.42. The van der Waals surface area contributed by atoms with Gasteiger partial charge < -0.3 is 9.84 Å². The van der Waals surface area contributed by atoms with E-state index in [1.807, 2.05) is 24.3 Å². The minimum atomic E-state index is -1.15. The second-order valence-electron chi connectivity index (χ2n) is 4.79. The van der Waals surface area contributed by atoms with Gasteiger partial charge in [0.2, 0.25) is 0 Å². The Hall–Kier alpha value is -1.39. The minimum absolute atomic E-state index is 0.0832. The molecule has 2 nitrogen and oxygen atoms in total. The molecule has 0 aliphatic rings. The van der Waals surface area contributed by atoms with Crippen molar-refractivity contribution in [3.63, 3.8) is 0 Å². The zero-order valence-electron chi connectivity index (χ0n) is 11.1. The van der Waals surface area contributed by atoms with Gasteiger partial charge in [-0.25, -0.2) is 0 Å². The van der Waals surface area contributed by atoms with E-state index in [4.69, 9.17) is 4.74 Å². The number of hydrogen-bond acceptors (Lipinski definition) is 2. The van der Waals surface area contributed by atoms with Crippen molar-refractivity contribution in [1.82, 2.24) is 0 Å². The third-order valence-corrected chi connectivity index (χ3v) is 3.64. The molecule has 20 heavy (non-hydrogen) atoms. The van der Waals surface area contributed by atoms with Crippen LogP contribution in [0.2, 0.25) is 0 Å². The second-order valence-corrected chi connectivity index (χ2v) is 5.71. The van der Waals surface area contributed by atoms with Crippen LogP contribution in [0, 0.1) is 0 Å². The Balaban J connectivity index is 2.10. The maximum absolute atomic E-state index is 12.4. The molecule has 0 fully saturated rings. The highest BCUT2D eigenvalue weighted by Gasteiger charge is 2.22. The van der Waals surface area contributed by atoms with Crippen LogP contribution in [0.25, 0.3) is 0 Å². The lowest BCUT2D eigenvalue weighted by Gasteiger charge is -2.22. The van der Waals surface area contributed by atoms with Gasteiger partial charge in [0, 0.05) is 10.9 Å². The van der Waals surface area contributed by atoms with Gasteiger partial charge >= 0.3 is 0 Å². The molecule has 0 heterocycles. The number of halogens is 2.